The Bertz CT molecular complexity index is 363. The zero-order chi connectivity index (χ0) is 14.2. The molecule has 0 amide bonds. The van der Waals surface area contributed by atoms with E-state index >= 15 is 0 Å². The minimum Gasteiger partial charge on any atom is -0.377 e. The van der Waals surface area contributed by atoms with E-state index in [1.54, 1.807) is 0 Å². The van der Waals surface area contributed by atoms with Crippen molar-refractivity contribution in [1.82, 2.24) is 4.90 Å². The Morgan fingerprint density at radius 2 is 1.85 bits per heavy atom. The van der Waals surface area contributed by atoms with Crippen LogP contribution in [0.3, 0.4) is 0 Å². The lowest BCUT2D eigenvalue weighted by Crippen LogP contribution is -2.47. The predicted molar refractivity (Wildman–Crippen MR) is 84.2 cm³/mol. The topological polar surface area (TPSA) is 41.7 Å². The molecule has 0 radical (unpaired) electrons. The van der Waals surface area contributed by atoms with E-state index in [0.29, 0.717) is 6.54 Å². The van der Waals surface area contributed by atoms with Crippen molar-refractivity contribution in [2.45, 2.75) is 19.4 Å². The van der Waals surface area contributed by atoms with Gasteiger partial charge in [-0.05, 0) is 25.5 Å². The zero-order valence-corrected chi connectivity index (χ0v) is 12.5. The van der Waals surface area contributed by atoms with Gasteiger partial charge in [0.25, 0.3) is 0 Å². The van der Waals surface area contributed by atoms with Gasteiger partial charge < -0.3 is 15.4 Å². The third-order valence-corrected chi connectivity index (χ3v) is 3.93. The number of piperazine rings is 1. The second-order valence-electron chi connectivity index (χ2n) is 5.27. The fraction of sp³-hybridized carbons (Fsp3) is 0.625. The van der Waals surface area contributed by atoms with Gasteiger partial charge in [0.2, 0.25) is 0 Å². The van der Waals surface area contributed by atoms with Crippen LogP contribution in [-0.2, 0) is 4.74 Å². The number of nitrogens with two attached hydrogens (primary N) is 1. The van der Waals surface area contributed by atoms with Crippen LogP contribution in [0.15, 0.2) is 30.3 Å². The van der Waals surface area contributed by atoms with Gasteiger partial charge in [-0.1, -0.05) is 18.2 Å². The minimum absolute atomic E-state index is 0.215. The highest BCUT2D eigenvalue weighted by molar-refractivity contribution is 5.46. The van der Waals surface area contributed by atoms with Gasteiger partial charge in [-0.15, -0.1) is 0 Å². The molecular weight excluding hydrogens is 250 g/mol. The van der Waals surface area contributed by atoms with Gasteiger partial charge in [0.15, 0.2) is 0 Å². The molecule has 2 rings (SSSR count). The highest BCUT2D eigenvalue weighted by atomic mass is 16.5. The molecule has 4 heteroatoms. The second kappa shape index (κ2) is 8.25. The van der Waals surface area contributed by atoms with E-state index in [2.05, 4.69) is 40.1 Å². The standard InChI is InChI=1S/C16H27N3O/c1-2-20-16(14-17)8-9-18-10-12-19(13-11-18)15-6-4-3-5-7-15/h3-7,16H,2,8-14,17H2,1H3. The molecule has 20 heavy (non-hydrogen) atoms. The SMILES string of the molecule is CCOC(CN)CCN1CCN(c2ccccc2)CC1. The van der Waals surface area contributed by atoms with Crippen molar-refractivity contribution in [3.63, 3.8) is 0 Å². The molecule has 1 unspecified atom stereocenters. The van der Waals surface area contributed by atoms with Crippen LogP contribution in [-0.4, -0.2) is 56.9 Å². The number of hydrogen-bond acceptors (Lipinski definition) is 4. The minimum atomic E-state index is 0.215. The Labute approximate surface area is 122 Å². The maximum absolute atomic E-state index is 5.72. The zero-order valence-electron chi connectivity index (χ0n) is 12.5. The molecule has 1 aromatic carbocycles. The maximum Gasteiger partial charge on any atom is 0.0709 e. The molecule has 1 saturated heterocycles. The Balaban J connectivity index is 1.72. The van der Waals surface area contributed by atoms with Crippen molar-refractivity contribution >= 4 is 5.69 Å². The summed E-state index contributed by atoms with van der Waals surface area (Å²) < 4.78 is 5.61. The summed E-state index contributed by atoms with van der Waals surface area (Å²) in [5.74, 6) is 0. The van der Waals surface area contributed by atoms with Crippen LogP contribution >= 0.6 is 0 Å². The first-order chi connectivity index (χ1) is 9.83. The summed E-state index contributed by atoms with van der Waals surface area (Å²) in [7, 11) is 0. The number of anilines is 1. The Hall–Kier alpha value is -1.10. The van der Waals surface area contributed by atoms with Crippen LogP contribution in [0.5, 0.6) is 0 Å². The van der Waals surface area contributed by atoms with E-state index < -0.39 is 0 Å². The van der Waals surface area contributed by atoms with E-state index in [1.165, 1.54) is 5.69 Å². The quantitative estimate of drug-likeness (QED) is 0.821. The molecule has 0 bridgehead atoms. The molecule has 0 spiro atoms. The molecule has 2 N–H and O–H groups in total. The molecule has 1 aromatic rings. The fourth-order valence-electron chi connectivity index (χ4n) is 2.70. The maximum atomic E-state index is 5.72. The van der Waals surface area contributed by atoms with E-state index in [1.807, 2.05) is 6.92 Å². The van der Waals surface area contributed by atoms with Crippen molar-refractivity contribution in [3.05, 3.63) is 30.3 Å². The summed E-state index contributed by atoms with van der Waals surface area (Å²) in [4.78, 5) is 4.97. The summed E-state index contributed by atoms with van der Waals surface area (Å²) in [6.07, 6.45) is 1.25. The van der Waals surface area contributed by atoms with E-state index in [0.717, 1.165) is 45.8 Å². The van der Waals surface area contributed by atoms with Crippen LogP contribution in [0, 0.1) is 0 Å². The molecule has 1 heterocycles. The lowest BCUT2D eigenvalue weighted by molar-refractivity contribution is 0.0538. The second-order valence-corrected chi connectivity index (χ2v) is 5.27. The lowest BCUT2D eigenvalue weighted by Gasteiger charge is -2.36. The fourth-order valence-corrected chi connectivity index (χ4v) is 2.70. The van der Waals surface area contributed by atoms with E-state index in [-0.39, 0.29) is 6.10 Å². The monoisotopic (exact) mass is 277 g/mol. The van der Waals surface area contributed by atoms with Gasteiger partial charge in [0.1, 0.15) is 0 Å². The Morgan fingerprint density at radius 3 is 2.45 bits per heavy atom. The first-order valence-electron chi connectivity index (χ1n) is 7.67. The third-order valence-electron chi connectivity index (χ3n) is 3.93. The molecule has 1 aliphatic heterocycles. The Morgan fingerprint density at radius 1 is 1.15 bits per heavy atom. The number of hydrogen-bond donors (Lipinski definition) is 1. The first-order valence-corrected chi connectivity index (χ1v) is 7.67. The summed E-state index contributed by atoms with van der Waals surface area (Å²) in [5.41, 5.74) is 7.06. The van der Waals surface area contributed by atoms with Crippen molar-refractivity contribution < 1.29 is 4.74 Å². The van der Waals surface area contributed by atoms with Crippen LogP contribution in [0.25, 0.3) is 0 Å². The average molecular weight is 277 g/mol. The average Bonchev–Trinajstić information content (AvgIpc) is 2.53. The molecule has 0 aromatic heterocycles. The summed E-state index contributed by atoms with van der Waals surface area (Å²) >= 11 is 0. The summed E-state index contributed by atoms with van der Waals surface area (Å²) in [6.45, 7) is 8.95. The van der Waals surface area contributed by atoms with Gasteiger partial charge in [0, 0.05) is 51.6 Å². The molecule has 1 aliphatic rings. The molecule has 0 saturated carbocycles. The van der Waals surface area contributed by atoms with E-state index in [4.69, 9.17) is 10.5 Å². The Kier molecular flexibility index (Phi) is 6.30. The number of para-hydroxylation sites is 1. The summed E-state index contributed by atoms with van der Waals surface area (Å²) in [6, 6.07) is 10.7. The van der Waals surface area contributed by atoms with Gasteiger partial charge in [-0.25, -0.2) is 0 Å². The van der Waals surface area contributed by atoms with Crippen LogP contribution < -0.4 is 10.6 Å². The van der Waals surface area contributed by atoms with Crippen molar-refractivity contribution in [3.8, 4) is 0 Å². The number of ether oxygens (including phenoxy) is 1. The van der Waals surface area contributed by atoms with Crippen LogP contribution in [0.2, 0.25) is 0 Å². The van der Waals surface area contributed by atoms with Crippen LogP contribution in [0.1, 0.15) is 13.3 Å². The van der Waals surface area contributed by atoms with Gasteiger partial charge >= 0.3 is 0 Å². The van der Waals surface area contributed by atoms with Crippen LogP contribution in [0.4, 0.5) is 5.69 Å². The first kappa shape index (κ1) is 15.3. The molecule has 1 fully saturated rings. The smallest absolute Gasteiger partial charge is 0.0709 e. The lowest BCUT2D eigenvalue weighted by atomic mass is 10.2. The van der Waals surface area contributed by atoms with Crippen molar-refractivity contribution in [1.29, 1.82) is 0 Å². The normalized spacial score (nSPS) is 18.2. The largest absolute Gasteiger partial charge is 0.377 e. The number of rotatable bonds is 7. The van der Waals surface area contributed by atoms with Crippen molar-refractivity contribution in [2.75, 3.05) is 50.8 Å². The van der Waals surface area contributed by atoms with E-state index in [9.17, 15) is 0 Å². The molecule has 4 nitrogen and oxygen atoms in total. The third kappa shape index (κ3) is 4.47. The molecular formula is C16H27N3O. The highest BCUT2D eigenvalue weighted by Gasteiger charge is 2.17. The van der Waals surface area contributed by atoms with Gasteiger partial charge in [-0.2, -0.15) is 0 Å². The molecule has 1 atom stereocenters. The van der Waals surface area contributed by atoms with Gasteiger partial charge in [0.05, 0.1) is 6.10 Å². The van der Waals surface area contributed by atoms with Crippen molar-refractivity contribution in [2.24, 2.45) is 5.73 Å². The highest BCUT2D eigenvalue weighted by Crippen LogP contribution is 2.15. The predicted octanol–water partition coefficient (Wildman–Crippen LogP) is 1.56. The number of benzene rings is 1. The molecule has 112 valence electrons. The number of nitrogens with zero attached hydrogens (tertiary/aromatic N) is 2. The summed E-state index contributed by atoms with van der Waals surface area (Å²) in [5, 5.41) is 0. The van der Waals surface area contributed by atoms with Gasteiger partial charge in [-0.3, -0.25) is 4.90 Å². The molecule has 0 aliphatic carbocycles.